The molecule has 9 heteroatoms. The number of rotatable bonds is 6. The fourth-order valence-electron chi connectivity index (χ4n) is 3.30. The number of fused-ring (bicyclic) bond motifs is 1. The summed E-state index contributed by atoms with van der Waals surface area (Å²) in [5.74, 6) is -1.21. The van der Waals surface area contributed by atoms with Gasteiger partial charge in [-0.15, -0.1) is 11.3 Å². The fourth-order valence-corrected chi connectivity index (χ4v) is 5.19. The van der Waals surface area contributed by atoms with Crippen LogP contribution in [0.3, 0.4) is 0 Å². The molecule has 1 unspecified atom stereocenters. The van der Waals surface area contributed by atoms with Crippen molar-refractivity contribution in [3.8, 4) is 0 Å². The molecule has 1 amide bonds. The standard InChI is InChI=1S/C22H21Cl2NO5S/c1-12-3-7-15-17(9-12)31-21(20(15)22(28)29-2)25-18(26)11-30-19(27)8-5-13-4-6-14(23)10-16(13)24/h4-6,8,10,12H,3,7,9,11H2,1-2H3,(H,25,26). The molecule has 0 saturated carbocycles. The SMILES string of the molecule is COC(=O)c1c(NC(=O)COC(=O)C=Cc2ccc(Cl)cc2Cl)sc2c1CCC(C)C2. The number of ether oxygens (including phenoxy) is 2. The molecule has 0 spiro atoms. The number of halogens is 2. The molecule has 0 aliphatic heterocycles. The number of esters is 2. The van der Waals surface area contributed by atoms with Gasteiger partial charge in [0, 0.05) is 21.0 Å². The summed E-state index contributed by atoms with van der Waals surface area (Å²) in [6.07, 6.45) is 5.24. The zero-order chi connectivity index (χ0) is 22.5. The van der Waals surface area contributed by atoms with Gasteiger partial charge < -0.3 is 14.8 Å². The molecule has 31 heavy (non-hydrogen) atoms. The van der Waals surface area contributed by atoms with Gasteiger partial charge in [-0.2, -0.15) is 0 Å². The molecule has 2 aromatic rings. The van der Waals surface area contributed by atoms with Gasteiger partial charge in [-0.05, 0) is 54.5 Å². The second-order valence-corrected chi connectivity index (χ2v) is 9.15. The molecule has 164 valence electrons. The zero-order valence-electron chi connectivity index (χ0n) is 17.0. The highest BCUT2D eigenvalue weighted by Crippen LogP contribution is 2.40. The molecule has 0 fully saturated rings. The molecule has 0 saturated heterocycles. The number of amides is 1. The maximum Gasteiger partial charge on any atom is 0.341 e. The summed E-state index contributed by atoms with van der Waals surface area (Å²) in [5, 5.41) is 3.98. The molecular weight excluding hydrogens is 461 g/mol. The first kappa shape index (κ1) is 23.3. The van der Waals surface area contributed by atoms with Crippen molar-refractivity contribution in [3.05, 3.63) is 55.9 Å². The largest absolute Gasteiger partial charge is 0.465 e. The van der Waals surface area contributed by atoms with Crippen molar-refractivity contribution in [3.63, 3.8) is 0 Å². The third-order valence-electron chi connectivity index (χ3n) is 4.86. The summed E-state index contributed by atoms with van der Waals surface area (Å²) in [5.41, 5.74) is 1.92. The van der Waals surface area contributed by atoms with E-state index in [1.165, 1.54) is 30.6 Å². The third-order valence-corrected chi connectivity index (χ3v) is 6.59. The number of anilines is 1. The van der Waals surface area contributed by atoms with Gasteiger partial charge in [-0.25, -0.2) is 9.59 Å². The lowest BCUT2D eigenvalue weighted by molar-refractivity contribution is -0.142. The Kier molecular flexibility index (Phi) is 7.75. The van der Waals surface area contributed by atoms with Crippen molar-refractivity contribution >= 4 is 63.5 Å². The Morgan fingerprint density at radius 3 is 2.77 bits per heavy atom. The highest BCUT2D eigenvalue weighted by atomic mass is 35.5. The molecular formula is C22H21Cl2NO5S. The van der Waals surface area contributed by atoms with Gasteiger partial charge in [0.25, 0.3) is 5.91 Å². The summed E-state index contributed by atoms with van der Waals surface area (Å²) in [4.78, 5) is 37.6. The Balaban J connectivity index is 1.62. The van der Waals surface area contributed by atoms with E-state index in [4.69, 9.17) is 32.7 Å². The Morgan fingerprint density at radius 2 is 2.06 bits per heavy atom. The third kappa shape index (κ3) is 5.87. The quantitative estimate of drug-likeness (QED) is 0.454. The van der Waals surface area contributed by atoms with Gasteiger partial charge >= 0.3 is 11.9 Å². The van der Waals surface area contributed by atoms with Crippen LogP contribution in [-0.4, -0.2) is 31.6 Å². The summed E-state index contributed by atoms with van der Waals surface area (Å²) < 4.78 is 9.89. The van der Waals surface area contributed by atoms with Gasteiger partial charge in [0.2, 0.25) is 0 Å². The second-order valence-electron chi connectivity index (χ2n) is 7.20. The van der Waals surface area contributed by atoms with Crippen molar-refractivity contribution in [1.82, 2.24) is 0 Å². The van der Waals surface area contributed by atoms with Gasteiger partial charge in [-0.1, -0.05) is 36.2 Å². The molecule has 3 rings (SSSR count). The monoisotopic (exact) mass is 481 g/mol. The summed E-state index contributed by atoms with van der Waals surface area (Å²) in [6, 6.07) is 4.86. The minimum Gasteiger partial charge on any atom is -0.465 e. The second kappa shape index (κ2) is 10.3. The number of hydrogen-bond donors (Lipinski definition) is 1. The van der Waals surface area contributed by atoms with Crippen LogP contribution < -0.4 is 5.32 Å². The van der Waals surface area contributed by atoms with E-state index in [1.54, 1.807) is 18.2 Å². The maximum absolute atomic E-state index is 12.3. The minimum atomic E-state index is -0.700. The molecule has 0 radical (unpaired) electrons. The van der Waals surface area contributed by atoms with Crippen LogP contribution in [0.15, 0.2) is 24.3 Å². The van der Waals surface area contributed by atoms with E-state index in [9.17, 15) is 14.4 Å². The van der Waals surface area contributed by atoms with Gasteiger partial charge in [0.05, 0.1) is 12.7 Å². The smallest absolute Gasteiger partial charge is 0.341 e. The van der Waals surface area contributed by atoms with E-state index < -0.39 is 24.5 Å². The van der Waals surface area contributed by atoms with E-state index in [1.807, 2.05) is 0 Å². The Labute approximate surface area is 194 Å². The number of thiophene rings is 1. The molecule has 1 aliphatic rings. The summed E-state index contributed by atoms with van der Waals surface area (Å²) in [6.45, 7) is 1.67. The predicted molar refractivity (Wildman–Crippen MR) is 122 cm³/mol. The van der Waals surface area contributed by atoms with Crippen molar-refractivity contribution in [2.75, 3.05) is 19.0 Å². The summed E-state index contributed by atoms with van der Waals surface area (Å²) in [7, 11) is 1.31. The first-order valence-corrected chi connectivity index (χ1v) is 11.2. The molecule has 1 atom stereocenters. The van der Waals surface area contributed by atoms with Crippen molar-refractivity contribution in [2.45, 2.75) is 26.2 Å². The first-order valence-electron chi connectivity index (χ1n) is 9.61. The molecule has 1 heterocycles. The number of hydrogen-bond acceptors (Lipinski definition) is 6. The number of benzene rings is 1. The van der Waals surface area contributed by atoms with Crippen LogP contribution in [0.4, 0.5) is 5.00 Å². The first-order chi connectivity index (χ1) is 14.8. The topological polar surface area (TPSA) is 81.7 Å². The normalized spacial score (nSPS) is 15.4. The fraction of sp³-hybridized carbons (Fsp3) is 0.318. The van der Waals surface area contributed by atoms with Crippen LogP contribution in [0, 0.1) is 5.92 Å². The van der Waals surface area contributed by atoms with Crippen LogP contribution in [0.25, 0.3) is 6.08 Å². The Bertz CT molecular complexity index is 1050. The highest BCUT2D eigenvalue weighted by molar-refractivity contribution is 7.17. The Morgan fingerprint density at radius 1 is 1.29 bits per heavy atom. The van der Waals surface area contributed by atoms with E-state index >= 15 is 0 Å². The van der Waals surface area contributed by atoms with Crippen molar-refractivity contribution in [1.29, 1.82) is 0 Å². The van der Waals surface area contributed by atoms with E-state index in [2.05, 4.69) is 12.2 Å². The van der Waals surface area contributed by atoms with Gasteiger partial charge in [0.1, 0.15) is 5.00 Å². The summed E-state index contributed by atoms with van der Waals surface area (Å²) >= 11 is 13.3. The van der Waals surface area contributed by atoms with Gasteiger partial charge in [0.15, 0.2) is 6.61 Å². The minimum absolute atomic E-state index is 0.389. The zero-order valence-corrected chi connectivity index (χ0v) is 19.3. The van der Waals surface area contributed by atoms with Crippen LogP contribution >= 0.6 is 34.5 Å². The van der Waals surface area contributed by atoms with Gasteiger partial charge in [-0.3, -0.25) is 4.79 Å². The maximum atomic E-state index is 12.3. The Hall–Kier alpha value is -2.35. The predicted octanol–water partition coefficient (Wildman–Crippen LogP) is 5.16. The van der Waals surface area contributed by atoms with Crippen LogP contribution in [-0.2, 0) is 31.9 Å². The average molecular weight is 482 g/mol. The van der Waals surface area contributed by atoms with Crippen molar-refractivity contribution < 1.29 is 23.9 Å². The molecule has 0 bridgehead atoms. The lowest BCUT2D eigenvalue weighted by atomic mass is 9.88. The number of carbonyl (C=O) groups is 3. The van der Waals surface area contributed by atoms with Crippen LogP contribution in [0.2, 0.25) is 10.0 Å². The van der Waals surface area contributed by atoms with Crippen LogP contribution in [0.1, 0.15) is 39.7 Å². The average Bonchev–Trinajstić information content (AvgIpc) is 3.07. The molecule has 6 nitrogen and oxygen atoms in total. The highest BCUT2D eigenvalue weighted by Gasteiger charge is 2.28. The molecule has 1 aromatic heterocycles. The molecule has 1 aliphatic carbocycles. The number of carbonyl (C=O) groups excluding carboxylic acids is 3. The van der Waals surface area contributed by atoms with E-state index in [0.29, 0.717) is 32.1 Å². The van der Waals surface area contributed by atoms with E-state index in [0.717, 1.165) is 29.7 Å². The van der Waals surface area contributed by atoms with Crippen molar-refractivity contribution in [2.24, 2.45) is 5.92 Å². The molecule has 1 N–H and O–H groups in total. The molecule has 1 aromatic carbocycles. The lowest BCUT2D eigenvalue weighted by Crippen LogP contribution is -2.21. The number of nitrogens with one attached hydrogen (secondary N) is 1. The number of methoxy groups -OCH3 is 1. The van der Waals surface area contributed by atoms with E-state index in [-0.39, 0.29) is 0 Å². The lowest BCUT2D eigenvalue weighted by Gasteiger charge is -2.18. The van der Waals surface area contributed by atoms with Crippen LogP contribution in [0.5, 0.6) is 0 Å².